The fourth-order valence-corrected chi connectivity index (χ4v) is 1.63. The van der Waals surface area contributed by atoms with Gasteiger partial charge in [0.2, 0.25) is 0 Å². The predicted molar refractivity (Wildman–Crippen MR) is 53.9 cm³/mol. The van der Waals surface area contributed by atoms with Gasteiger partial charge in [0.25, 0.3) is 0 Å². The number of ether oxygens (including phenoxy) is 2. The highest BCUT2D eigenvalue weighted by atomic mass is 16.5. The van der Waals surface area contributed by atoms with Crippen molar-refractivity contribution in [3.63, 3.8) is 0 Å². The van der Waals surface area contributed by atoms with E-state index in [4.69, 9.17) is 9.47 Å². The van der Waals surface area contributed by atoms with Gasteiger partial charge in [0, 0.05) is 5.92 Å². The lowest BCUT2D eigenvalue weighted by atomic mass is 9.99. The van der Waals surface area contributed by atoms with Crippen molar-refractivity contribution in [1.29, 1.82) is 0 Å². The zero-order chi connectivity index (χ0) is 10.8. The molecule has 3 nitrogen and oxygen atoms in total. The van der Waals surface area contributed by atoms with Gasteiger partial charge in [0.1, 0.15) is 0 Å². The average molecular weight is 200 g/mol. The molecular weight excluding hydrogens is 180 g/mol. The molecule has 0 amide bonds. The van der Waals surface area contributed by atoms with Gasteiger partial charge in [0.15, 0.2) is 0 Å². The minimum Gasteiger partial charge on any atom is -0.465 e. The van der Waals surface area contributed by atoms with Crippen molar-refractivity contribution in [2.45, 2.75) is 39.7 Å². The number of carbonyl (C=O) groups excluding carboxylic acids is 1. The third-order valence-corrected chi connectivity index (χ3v) is 2.42. The number of hydrogen-bond donors (Lipinski definition) is 0. The van der Waals surface area contributed by atoms with Crippen LogP contribution in [-0.2, 0) is 14.3 Å². The van der Waals surface area contributed by atoms with Crippen LogP contribution in [0.3, 0.4) is 0 Å². The number of esters is 1. The number of rotatable bonds is 3. The van der Waals surface area contributed by atoms with Crippen LogP contribution < -0.4 is 0 Å². The Bertz CT molecular complexity index is 209. The summed E-state index contributed by atoms with van der Waals surface area (Å²) in [4.78, 5) is 11.2. The highest BCUT2D eigenvalue weighted by molar-refractivity contribution is 5.71. The van der Waals surface area contributed by atoms with Crippen LogP contribution in [0.4, 0.5) is 0 Å². The smallest absolute Gasteiger partial charge is 0.308 e. The summed E-state index contributed by atoms with van der Waals surface area (Å²) >= 11 is 0. The molecule has 1 fully saturated rings. The molecule has 0 bridgehead atoms. The average Bonchev–Trinajstić information content (AvgIpc) is 2.41. The zero-order valence-corrected chi connectivity index (χ0v) is 9.50. The Morgan fingerprint density at radius 2 is 2.21 bits per heavy atom. The summed E-state index contributed by atoms with van der Waals surface area (Å²) < 4.78 is 10.7. The van der Waals surface area contributed by atoms with E-state index in [-0.39, 0.29) is 17.5 Å². The van der Waals surface area contributed by atoms with Crippen LogP contribution >= 0.6 is 0 Å². The molecule has 0 aromatic heterocycles. The fourth-order valence-electron chi connectivity index (χ4n) is 1.63. The van der Waals surface area contributed by atoms with E-state index in [1.54, 1.807) is 0 Å². The molecule has 0 N–H and O–H groups in total. The third kappa shape index (κ3) is 3.29. The Morgan fingerprint density at radius 1 is 1.57 bits per heavy atom. The normalized spacial score (nSPS) is 25.4. The largest absolute Gasteiger partial charge is 0.465 e. The first kappa shape index (κ1) is 11.5. The van der Waals surface area contributed by atoms with E-state index in [0.29, 0.717) is 19.1 Å². The summed E-state index contributed by atoms with van der Waals surface area (Å²) in [5.41, 5.74) is -0.0467. The predicted octanol–water partition coefficient (Wildman–Crippen LogP) is 2.00. The van der Waals surface area contributed by atoms with E-state index < -0.39 is 0 Å². The molecule has 0 aliphatic carbocycles. The second kappa shape index (κ2) is 4.30. The lowest BCUT2D eigenvalue weighted by Crippen LogP contribution is -2.19. The molecule has 1 aliphatic rings. The van der Waals surface area contributed by atoms with E-state index in [0.717, 1.165) is 6.42 Å². The molecule has 0 spiro atoms. The van der Waals surface area contributed by atoms with Crippen LogP contribution in [0.2, 0.25) is 0 Å². The Morgan fingerprint density at radius 3 is 2.64 bits per heavy atom. The van der Waals surface area contributed by atoms with Crippen molar-refractivity contribution in [1.82, 2.24) is 0 Å². The minimum atomic E-state index is -0.116. The van der Waals surface area contributed by atoms with Gasteiger partial charge < -0.3 is 9.47 Å². The fraction of sp³-hybridized carbons (Fsp3) is 0.909. The van der Waals surface area contributed by atoms with Gasteiger partial charge in [-0.05, 0) is 20.3 Å². The second-order valence-corrected chi connectivity index (χ2v) is 4.93. The lowest BCUT2D eigenvalue weighted by Gasteiger charge is -2.15. The first-order valence-electron chi connectivity index (χ1n) is 5.21. The molecule has 0 saturated carbocycles. The molecule has 1 saturated heterocycles. The molecule has 1 aliphatic heterocycles. The van der Waals surface area contributed by atoms with Crippen molar-refractivity contribution in [2.24, 2.45) is 11.8 Å². The van der Waals surface area contributed by atoms with Crippen LogP contribution in [0, 0.1) is 11.8 Å². The monoisotopic (exact) mass is 200 g/mol. The van der Waals surface area contributed by atoms with Crippen molar-refractivity contribution >= 4 is 5.97 Å². The van der Waals surface area contributed by atoms with Gasteiger partial charge in [-0.3, -0.25) is 4.79 Å². The lowest BCUT2D eigenvalue weighted by molar-refractivity contribution is -0.148. The highest BCUT2D eigenvalue weighted by Gasteiger charge is 2.32. The van der Waals surface area contributed by atoms with Crippen LogP contribution in [0.15, 0.2) is 0 Å². The van der Waals surface area contributed by atoms with Crippen molar-refractivity contribution in [3.8, 4) is 0 Å². The Hall–Kier alpha value is -0.570. The van der Waals surface area contributed by atoms with E-state index in [1.165, 1.54) is 0 Å². The quantitative estimate of drug-likeness (QED) is 0.654. The Labute approximate surface area is 85.8 Å². The first-order chi connectivity index (χ1) is 6.41. The maximum absolute atomic E-state index is 11.2. The Balaban J connectivity index is 2.24. The van der Waals surface area contributed by atoms with E-state index in [2.05, 4.69) is 13.8 Å². The molecule has 1 atom stereocenters. The summed E-state index contributed by atoms with van der Waals surface area (Å²) in [6, 6.07) is 0. The van der Waals surface area contributed by atoms with Crippen LogP contribution in [0.5, 0.6) is 0 Å². The Kier molecular flexibility index (Phi) is 3.53. The van der Waals surface area contributed by atoms with Crippen molar-refractivity contribution in [2.75, 3.05) is 13.2 Å². The van der Waals surface area contributed by atoms with Gasteiger partial charge in [-0.15, -0.1) is 0 Å². The molecule has 1 heterocycles. The number of hydrogen-bond acceptors (Lipinski definition) is 3. The topological polar surface area (TPSA) is 35.5 Å². The standard InChI is InChI=1S/C11H20O3/c1-8(2)10(12)13-6-9-5-11(3,4)14-7-9/h8-9H,5-7H2,1-4H3/t9-/m1/s1. The van der Waals surface area contributed by atoms with Gasteiger partial charge >= 0.3 is 5.97 Å². The van der Waals surface area contributed by atoms with Gasteiger partial charge in [-0.2, -0.15) is 0 Å². The molecule has 0 aromatic rings. The molecule has 14 heavy (non-hydrogen) atoms. The molecular formula is C11H20O3. The zero-order valence-electron chi connectivity index (χ0n) is 9.50. The van der Waals surface area contributed by atoms with Crippen LogP contribution in [0.25, 0.3) is 0 Å². The van der Waals surface area contributed by atoms with Gasteiger partial charge in [-0.25, -0.2) is 0 Å². The van der Waals surface area contributed by atoms with Crippen molar-refractivity contribution in [3.05, 3.63) is 0 Å². The number of carbonyl (C=O) groups is 1. The minimum absolute atomic E-state index is 0.0367. The van der Waals surface area contributed by atoms with Crippen molar-refractivity contribution < 1.29 is 14.3 Å². The SMILES string of the molecule is CC(C)C(=O)OC[C@@H]1COC(C)(C)C1. The van der Waals surface area contributed by atoms with Gasteiger partial charge in [0.05, 0.1) is 24.7 Å². The summed E-state index contributed by atoms with van der Waals surface area (Å²) in [6.07, 6.45) is 0.971. The summed E-state index contributed by atoms with van der Waals surface area (Å²) in [5, 5.41) is 0. The maximum atomic E-state index is 11.2. The summed E-state index contributed by atoms with van der Waals surface area (Å²) in [6.45, 7) is 9.03. The first-order valence-corrected chi connectivity index (χ1v) is 5.21. The third-order valence-electron chi connectivity index (χ3n) is 2.42. The van der Waals surface area contributed by atoms with Gasteiger partial charge in [-0.1, -0.05) is 13.8 Å². The maximum Gasteiger partial charge on any atom is 0.308 e. The highest BCUT2D eigenvalue weighted by Crippen LogP contribution is 2.29. The molecule has 82 valence electrons. The van der Waals surface area contributed by atoms with Crippen LogP contribution in [0.1, 0.15) is 34.1 Å². The second-order valence-electron chi connectivity index (χ2n) is 4.93. The molecule has 1 rings (SSSR count). The molecule has 0 aromatic carbocycles. The summed E-state index contributed by atoms with van der Waals surface area (Å²) in [7, 11) is 0. The van der Waals surface area contributed by atoms with E-state index in [1.807, 2.05) is 13.8 Å². The molecule has 3 heteroatoms. The van der Waals surface area contributed by atoms with Crippen LogP contribution in [-0.4, -0.2) is 24.8 Å². The molecule has 0 unspecified atom stereocenters. The van der Waals surface area contributed by atoms with E-state index >= 15 is 0 Å². The summed E-state index contributed by atoms with van der Waals surface area (Å²) in [5.74, 6) is 0.215. The van der Waals surface area contributed by atoms with E-state index in [9.17, 15) is 4.79 Å². The molecule has 0 radical (unpaired) electrons.